The largest absolute Gasteiger partial charge is 0.493 e. The van der Waals surface area contributed by atoms with Crippen LogP contribution in [0.15, 0.2) is 70.3 Å². The van der Waals surface area contributed by atoms with E-state index in [0.717, 1.165) is 17.7 Å². The molecule has 0 radical (unpaired) electrons. The number of benzene rings is 2. The minimum absolute atomic E-state index is 0. The number of nitrogens with one attached hydrogen (secondary N) is 2. The van der Waals surface area contributed by atoms with Gasteiger partial charge in [0.2, 0.25) is 5.75 Å². The van der Waals surface area contributed by atoms with Gasteiger partial charge >= 0.3 is 0 Å². The Bertz CT molecular complexity index is 938. The van der Waals surface area contributed by atoms with Gasteiger partial charge in [0.25, 0.3) is 0 Å². The molecule has 0 saturated carbocycles. The van der Waals surface area contributed by atoms with Crippen molar-refractivity contribution in [3.05, 3.63) is 77.7 Å². The van der Waals surface area contributed by atoms with Crippen LogP contribution in [-0.4, -0.2) is 33.8 Å². The maximum atomic E-state index is 5.44. The number of rotatable bonds is 10. The molecule has 7 nitrogen and oxygen atoms in total. The number of furan rings is 1. The van der Waals surface area contributed by atoms with Gasteiger partial charge < -0.3 is 29.3 Å². The second-order valence-electron chi connectivity index (χ2n) is 6.79. The minimum atomic E-state index is 0. The zero-order valence-electron chi connectivity index (χ0n) is 18.6. The summed E-state index contributed by atoms with van der Waals surface area (Å²) in [5.41, 5.74) is 2.12. The third kappa shape index (κ3) is 7.37. The second kappa shape index (κ2) is 13.5. The van der Waals surface area contributed by atoms with Crippen LogP contribution >= 0.6 is 24.0 Å². The number of hydrogen-bond acceptors (Lipinski definition) is 5. The maximum Gasteiger partial charge on any atom is 0.203 e. The number of hydrogen-bond donors (Lipinski definition) is 2. The van der Waals surface area contributed by atoms with E-state index in [2.05, 4.69) is 22.8 Å². The maximum absolute atomic E-state index is 5.44. The Morgan fingerprint density at radius 2 is 1.59 bits per heavy atom. The Kier molecular flexibility index (Phi) is 10.7. The molecule has 1 heterocycles. The van der Waals surface area contributed by atoms with Crippen molar-refractivity contribution in [2.45, 2.75) is 19.5 Å². The van der Waals surface area contributed by atoms with Crippen LogP contribution in [0.5, 0.6) is 17.2 Å². The fourth-order valence-corrected chi connectivity index (χ4v) is 3.11. The van der Waals surface area contributed by atoms with Gasteiger partial charge in [-0.3, -0.25) is 0 Å². The first-order valence-electron chi connectivity index (χ1n) is 10.1. The van der Waals surface area contributed by atoms with Gasteiger partial charge in [0.1, 0.15) is 5.76 Å². The van der Waals surface area contributed by atoms with E-state index in [-0.39, 0.29) is 24.0 Å². The molecule has 0 unspecified atom stereocenters. The standard InChI is InChI=1S/C24H29N3O4.HI/c1-28-21-14-19(15-22(29-2)23(21)30-3)17-27-24(25-12-11-20-10-7-13-31-20)26-16-18-8-5-4-6-9-18;/h4-10,13-15H,11-12,16-17H2,1-3H3,(H2,25,26,27);1H. The van der Waals surface area contributed by atoms with Crippen molar-refractivity contribution in [1.29, 1.82) is 0 Å². The average molecular weight is 551 g/mol. The van der Waals surface area contributed by atoms with Gasteiger partial charge in [-0.05, 0) is 35.4 Å². The van der Waals surface area contributed by atoms with Crippen LogP contribution in [0.2, 0.25) is 0 Å². The first kappa shape index (κ1) is 25.4. The number of guanidine groups is 1. The molecule has 32 heavy (non-hydrogen) atoms. The summed E-state index contributed by atoms with van der Waals surface area (Å²) in [7, 11) is 4.80. The second-order valence-corrected chi connectivity index (χ2v) is 6.79. The molecule has 0 aliphatic heterocycles. The molecular weight excluding hydrogens is 521 g/mol. The van der Waals surface area contributed by atoms with Gasteiger partial charge in [-0.2, -0.15) is 0 Å². The molecule has 0 bridgehead atoms. The van der Waals surface area contributed by atoms with Crippen LogP contribution < -0.4 is 24.8 Å². The van der Waals surface area contributed by atoms with Crippen molar-refractivity contribution in [3.8, 4) is 17.2 Å². The van der Waals surface area contributed by atoms with Gasteiger partial charge in [-0.25, -0.2) is 4.99 Å². The summed E-state index contributed by atoms with van der Waals surface area (Å²) in [6.07, 6.45) is 2.45. The Morgan fingerprint density at radius 1 is 0.875 bits per heavy atom. The molecule has 0 spiro atoms. The molecule has 3 rings (SSSR count). The molecule has 0 fully saturated rings. The average Bonchev–Trinajstić information content (AvgIpc) is 3.33. The van der Waals surface area contributed by atoms with Crippen molar-refractivity contribution in [2.75, 3.05) is 27.9 Å². The molecular formula is C24H30IN3O4. The van der Waals surface area contributed by atoms with Crippen LogP contribution in [0.1, 0.15) is 16.9 Å². The highest BCUT2D eigenvalue weighted by Gasteiger charge is 2.13. The molecule has 0 saturated heterocycles. The third-order valence-corrected chi connectivity index (χ3v) is 4.69. The fourth-order valence-electron chi connectivity index (χ4n) is 3.11. The van der Waals surface area contributed by atoms with Gasteiger partial charge in [0.05, 0.1) is 34.1 Å². The minimum Gasteiger partial charge on any atom is -0.493 e. The molecule has 0 aliphatic carbocycles. The molecule has 2 aromatic carbocycles. The molecule has 2 N–H and O–H groups in total. The Balaban J connectivity index is 0.00000363. The van der Waals surface area contributed by atoms with E-state index in [9.17, 15) is 0 Å². The predicted octanol–water partition coefficient (Wildman–Crippen LogP) is 4.40. The molecule has 8 heteroatoms. The summed E-state index contributed by atoms with van der Waals surface area (Å²) in [5.74, 6) is 3.42. The predicted molar refractivity (Wildman–Crippen MR) is 136 cm³/mol. The quantitative estimate of drug-likeness (QED) is 0.221. The molecule has 0 atom stereocenters. The summed E-state index contributed by atoms with van der Waals surface area (Å²) in [4.78, 5) is 4.75. The van der Waals surface area contributed by atoms with Crippen LogP contribution in [0.25, 0.3) is 0 Å². The van der Waals surface area contributed by atoms with Gasteiger partial charge in [-0.1, -0.05) is 30.3 Å². The summed E-state index contributed by atoms with van der Waals surface area (Å²) >= 11 is 0. The van der Waals surface area contributed by atoms with Crippen LogP contribution in [0, 0.1) is 0 Å². The smallest absolute Gasteiger partial charge is 0.203 e. The van der Waals surface area contributed by atoms with Crippen molar-refractivity contribution >= 4 is 29.9 Å². The Hall–Kier alpha value is -2.88. The number of ether oxygens (including phenoxy) is 3. The summed E-state index contributed by atoms with van der Waals surface area (Å²) < 4.78 is 21.7. The summed E-state index contributed by atoms with van der Waals surface area (Å²) in [6, 6.07) is 17.9. The van der Waals surface area contributed by atoms with Crippen molar-refractivity contribution in [2.24, 2.45) is 4.99 Å². The highest BCUT2D eigenvalue weighted by molar-refractivity contribution is 14.0. The first-order chi connectivity index (χ1) is 15.2. The van der Waals surface area contributed by atoms with Gasteiger partial charge in [0.15, 0.2) is 17.5 Å². The van der Waals surface area contributed by atoms with Crippen molar-refractivity contribution in [1.82, 2.24) is 10.6 Å². The fraction of sp³-hybridized carbons (Fsp3) is 0.292. The topological polar surface area (TPSA) is 77.2 Å². The third-order valence-electron chi connectivity index (χ3n) is 4.69. The molecule has 0 amide bonds. The zero-order valence-corrected chi connectivity index (χ0v) is 20.9. The van der Waals surface area contributed by atoms with Crippen LogP contribution in [0.3, 0.4) is 0 Å². The van der Waals surface area contributed by atoms with Crippen molar-refractivity contribution < 1.29 is 18.6 Å². The van der Waals surface area contributed by atoms with E-state index in [4.69, 9.17) is 23.6 Å². The highest BCUT2D eigenvalue weighted by Crippen LogP contribution is 2.38. The normalized spacial score (nSPS) is 10.8. The van der Waals surface area contributed by atoms with Gasteiger partial charge in [0, 0.05) is 19.5 Å². The lowest BCUT2D eigenvalue weighted by Gasteiger charge is -2.15. The number of methoxy groups -OCH3 is 3. The lowest BCUT2D eigenvalue weighted by molar-refractivity contribution is 0.324. The molecule has 3 aromatic rings. The Morgan fingerprint density at radius 3 is 2.19 bits per heavy atom. The monoisotopic (exact) mass is 551 g/mol. The van der Waals surface area contributed by atoms with E-state index in [1.54, 1.807) is 27.6 Å². The first-order valence-corrected chi connectivity index (χ1v) is 10.1. The Labute approximate surface area is 206 Å². The van der Waals surface area contributed by atoms with Crippen LogP contribution in [0.4, 0.5) is 0 Å². The lowest BCUT2D eigenvalue weighted by Crippen LogP contribution is -2.38. The van der Waals surface area contributed by atoms with Gasteiger partial charge in [-0.15, -0.1) is 24.0 Å². The number of halogens is 1. The molecule has 0 aliphatic rings. The van der Waals surface area contributed by atoms with E-state index < -0.39 is 0 Å². The number of aliphatic imine (C=N–C) groups is 1. The van der Waals surface area contributed by atoms with E-state index >= 15 is 0 Å². The lowest BCUT2D eigenvalue weighted by atomic mass is 10.2. The zero-order chi connectivity index (χ0) is 21.9. The summed E-state index contributed by atoms with van der Waals surface area (Å²) in [6.45, 7) is 1.81. The SMILES string of the molecule is COc1cc(CN=C(NCCc2ccco2)NCc2ccccc2)cc(OC)c1OC.I. The highest BCUT2D eigenvalue weighted by atomic mass is 127. The van der Waals surface area contributed by atoms with E-state index in [1.165, 1.54) is 5.56 Å². The molecule has 172 valence electrons. The van der Waals surface area contributed by atoms with Crippen molar-refractivity contribution in [3.63, 3.8) is 0 Å². The summed E-state index contributed by atoms with van der Waals surface area (Å²) in [5, 5.41) is 6.76. The van der Waals surface area contributed by atoms with Crippen LogP contribution in [-0.2, 0) is 19.5 Å². The van der Waals surface area contributed by atoms with E-state index in [1.807, 2.05) is 42.5 Å². The number of nitrogens with zero attached hydrogens (tertiary/aromatic N) is 1. The van der Waals surface area contributed by atoms with E-state index in [0.29, 0.717) is 42.8 Å². The molecule has 1 aromatic heterocycles.